The van der Waals surface area contributed by atoms with Crippen LogP contribution in [0.1, 0.15) is 21.8 Å². The minimum atomic E-state index is -4.40. The van der Waals surface area contributed by atoms with Crippen molar-refractivity contribution in [1.82, 2.24) is 10.3 Å². The van der Waals surface area contributed by atoms with Crippen molar-refractivity contribution >= 4 is 5.91 Å². The van der Waals surface area contributed by atoms with E-state index in [0.29, 0.717) is 5.56 Å². The van der Waals surface area contributed by atoms with Crippen LogP contribution in [-0.4, -0.2) is 10.9 Å². The maximum absolute atomic E-state index is 12.5. The fraction of sp³-hybridized carbons (Fsp3) is 0.167. The lowest BCUT2D eigenvalue weighted by molar-refractivity contribution is -0.137. The average molecular weight is 270 g/mol. The van der Waals surface area contributed by atoms with Crippen molar-refractivity contribution < 1.29 is 22.4 Å². The lowest BCUT2D eigenvalue weighted by atomic mass is 10.1. The average Bonchev–Trinajstić information content (AvgIpc) is 2.89. The number of hydrogen-bond acceptors (Lipinski definition) is 3. The number of carbonyl (C=O) groups excluding carboxylic acids is 1. The third-order valence-electron chi connectivity index (χ3n) is 2.33. The van der Waals surface area contributed by atoms with E-state index in [4.69, 9.17) is 4.42 Å². The van der Waals surface area contributed by atoms with Gasteiger partial charge in [0.25, 0.3) is 5.89 Å². The van der Waals surface area contributed by atoms with Crippen LogP contribution in [0.25, 0.3) is 0 Å². The molecule has 0 saturated carbocycles. The first kappa shape index (κ1) is 13.1. The van der Waals surface area contributed by atoms with Crippen LogP contribution in [0, 0.1) is 0 Å². The Morgan fingerprint density at radius 3 is 2.79 bits per heavy atom. The standard InChI is InChI=1S/C12H9F3N2O2/c13-12(14,15)9-3-1-2-8(6-9)7-17-10(18)11-16-4-5-19-11/h1-6H,7H2,(H,17,18). The number of nitrogens with one attached hydrogen (secondary N) is 1. The maximum Gasteiger partial charge on any atom is 0.416 e. The normalized spacial score (nSPS) is 11.3. The van der Waals surface area contributed by atoms with E-state index in [1.165, 1.54) is 24.6 Å². The Balaban J connectivity index is 2.02. The quantitative estimate of drug-likeness (QED) is 0.932. The van der Waals surface area contributed by atoms with Crippen molar-refractivity contribution in [2.45, 2.75) is 12.7 Å². The summed E-state index contributed by atoms with van der Waals surface area (Å²) in [5.74, 6) is -0.714. The topological polar surface area (TPSA) is 55.1 Å². The number of amides is 1. The van der Waals surface area contributed by atoms with Crippen molar-refractivity contribution in [1.29, 1.82) is 0 Å². The van der Waals surface area contributed by atoms with Gasteiger partial charge < -0.3 is 9.73 Å². The molecule has 7 heteroatoms. The number of carbonyl (C=O) groups is 1. The summed E-state index contributed by atoms with van der Waals surface area (Å²) >= 11 is 0. The van der Waals surface area contributed by atoms with Crippen molar-refractivity contribution in [3.05, 3.63) is 53.7 Å². The van der Waals surface area contributed by atoms with Crippen LogP contribution in [-0.2, 0) is 12.7 Å². The van der Waals surface area contributed by atoms with E-state index in [0.717, 1.165) is 12.1 Å². The number of oxazole rings is 1. The van der Waals surface area contributed by atoms with Crippen molar-refractivity contribution in [2.75, 3.05) is 0 Å². The van der Waals surface area contributed by atoms with Crippen LogP contribution in [0.3, 0.4) is 0 Å². The van der Waals surface area contributed by atoms with Crippen molar-refractivity contribution in [3.63, 3.8) is 0 Å². The Labute approximate surface area is 106 Å². The molecule has 0 saturated heterocycles. The molecule has 0 atom stereocenters. The van der Waals surface area contributed by atoms with Crippen LogP contribution in [0.2, 0.25) is 0 Å². The first-order chi connectivity index (χ1) is 8.97. The molecule has 0 fully saturated rings. The van der Waals surface area contributed by atoms with Gasteiger partial charge in [-0.2, -0.15) is 13.2 Å². The van der Waals surface area contributed by atoms with Gasteiger partial charge in [0, 0.05) is 6.54 Å². The number of hydrogen-bond donors (Lipinski definition) is 1. The second-order valence-corrected chi connectivity index (χ2v) is 3.72. The van der Waals surface area contributed by atoms with Crippen LogP contribution in [0.15, 0.2) is 41.1 Å². The molecule has 0 radical (unpaired) electrons. The van der Waals surface area contributed by atoms with Gasteiger partial charge in [-0.05, 0) is 17.7 Å². The van der Waals surface area contributed by atoms with Gasteiger partial charge in [-0.1, -0.05) is 12.1 Å². The predicted molar refractivity (Wildman–Crippen MR) is 59.1 cm³/mol. The molecule has 100 valence electrons. The van der Waals surface area contributed by atoms with Crippen LogP contribution in [0.5, 0.6) is 0 Å². The summed E-state index contributed by atoms with van der Waals surface area (Å²) in [6.45, 7) is -0.0366. The monoisotopic (exact) mass is 270 g/mol. The molecule has 0 aliphatic heterocycles. The molecule has 1 heterocycles. The van der Waals surface area contributed by atoms with Gasteiger partial charge in [0.1, 0.15) is 6.26 Å². The molecular weight excluding hydrogens is 261 g/mol. The zero-order valence-corrected chi connectivity index (χ0v) is 9.57. The molecule has 0 spiro atoms. The Bertz CT molecular complexity index is 565. The SMILES string of the molecule is O=C(NCc1cccc(C(F)(F)F)c1)c1ncco1. The molecule has 2 aromatic rings. The van der Waals surface area contributed by atoms with Gasteiger partial charge >= 0.3 is 12.1 Å². The summed E-state index contributed by atoms with van der Waals surface area (Å²) in [6.07, 6.45) is -1.86. The molecule has 1 amide bonds. The second-order valence-electron chi connectivity index (χ2n) is 3.72. The largest absolute Gasteiger partial charge is 0.441 e. The Kier molecular flexibility index (Phi) is 3.55. The highest BCUT2D eigenvalue weighted by Crippen LogP contribution is 2.29. The first-order valence-corrected chi connectivity index (χ1v) is 5.30. The molecule has 1 aromatic heterocycles. The summed E-state index contributed by atoms with van der Waals surface area (Å²) in [5.41, 5.74) is -0.412. The van der Waals surface area contributed by atoms with E-state index in [1.807, 2.05) is 0 Å². The van der Waals surface area contributed by atoms with Crippen molar-refractivity contribution in [2.24, 2.45) is 0 Å². The molecule has 1 N–H and O–H groups in total. The molecule has 19 heavy (non-hydrogen) atoms. The Morgan fingerprint density at radius 1 is 1.37 bits per heavy atom. The van der Waals surface area contributed by atoms with E-state index in [-0.39, 0.29) is 12.4 Å². The molecule has 2 rings (SSSR count). The summed E-state index contributed by atoms with van der Waals surface area (Å²) in [6, 6.07) is 4.73. The highest BCUT2D eigenvalue weighted by Gasteiger charge is 2.30. The van der Waals surface area contributed by atoms with Gasteiger partial charge in [-0.15, -0.1) is 0 Å². The summed E-state index contributed by atoms with van der Waals surface area (Å²) < 4.78 is 42.2. The van der Waals surface area contributed by atoms with Gasteiger partial charge in [0.05, 0.1) is 11.8 Å². The Hall–Kier alpha value is -2.31. The fourth-order valence-corrected chi connectivity index (χ4v) is 1.45. The van der Waals surface area contributed by atoms with E-state index >= 15 is 0 Å². The van der Waals surface area contributed by atoms with Gasteiger partial charge in [-0.3, -0.25) is 4.79 Å². The van der Waals surface area contributed by atoms with Crippen LogP contribution < -0.4 is 5.32 Å². The summed E-state index contributed by atoms with van der Waals surface area (Å²) in [4.78, 5) is 15.1. The van der Waals surface area contributed by atoms with E-state index in [2.05, 4.69) is 10.3 Å². The van der Waals surface area contributed by atoms with E-state index in [1.54, 1.807) is 0 Å². The fourth-order valence-electron chi connectivity index (χ4n) is 1.45. The van der Waals surface area contributed by atoms with Crippen LogP contribution >= 0.6 is 0 Å². The molecule has 0 unspecified atom stereocenters. The summed E-state index contributed by atoms with van der Waals surface area (Å²) in [5, 5.41) is 2.42. The third kappa shape index (κ3) is 3.34. The summed E-state index contributed by atoms with van der Waals surface area (Å²) in [7, 11) is 0. The predicted octanol–water partition coefficient (Wildman–Crippen LogP) is 2.62. The van der Waals surface area contributed by atoms with E-state index < -0.39 is 17.6 Å². The van der Waals surface area contributed by atoms with Gasteiger partial charge in [0.15, 0.2) is 0 Å². The Morgan fingerprint density at radius 2 is 2.16 bits per heavy atom. The zero-order chi connectivity index (χ0) is 13.9. The van der Waals surface area contributed by atoms with E-state index in [9.17, 15) is 18.0 Å². The number of alkyl halides is 3. The van der Waals surface area contributed by atoms with Crippen LogP contribution in [0.4, 0.5) is 13.2 Å². The molecule has 0 aliphatic carbocycles. The number of rotatable bonds is 3. The van der Waals surface area contributed by atoms with Gasteiger partial charge in [0.2, 0.25) is 0 Å². The maximum atomic E-state index is 12.5. The third-order valence-corrected chi connectivity index (χ3v) is 2.33. The van der Waals surface area contributed by atoms with Gasteiger partial charge in [-0.25, -0.2) is 4.98 Å². The molecule has 4 nitrogen and oxygen atoms in total. The molecular formula is C12H9F3N2O2. The minimum Gasteiger partial charge on any atom is -0.441 e. The number of nitrogens with zero attached hydrogens (tertiary/aromatic N) is 1. The lowest BCUT2D eigenvalue weighted by Crippen LogP contribution is -2.23. The minimum absolute atomic E-state index is 0.0366. The second kappa shape index (κ2) is 5.13. The molecule has 0 bridgehead atoms. The first-order valence-electron chi connectivity index (χ1n) is 5.30. The lowest BCUT2D eigenvalue weighted by Gasteiger charge is -2.08. The number of halogens is 3. The zero-order valence-electron chi connectivity index (χ0n) is 9.57. The number of aromatic nitrogens is 1. The smallest absolute Gasteiger partial charge is 0.416 e. The highest BCUT2D eigenvalue weighted by atomic mass is 19.4. The molecule has 1 aromatic carbocycles. The number of benzene rings is 1. The highest BCUT2D eigenvalue weighted by molar-refractivity contribution is 5.89. The van der Waals surface area contributed by atoms with Crippen molar-refractivity contribution in [3.8, 4) is 0 Å². The molecule has 0 aliphatic rings.